The molecular weight excluding hydrogens is 332 g/mol. The van der Waals surface area contributed by atoms with Crippen LogP contribution in [0.4, 0.5) is 16.2 Å². The van der Waals surface area contributed by atoms with E-state index in [0.717, 1.165) is 24.1 Å². The number of urea groups is 1. The molecule has 2 aromatic carbocycles. The second kappa shape index (κ2) is 7.69. The van der Waals surface area contributed by atoms with Crippen molar-refractivity contribution in [3.8, 4) is 0 Å². The summed E-state index contributed by atoms with van der Waals surface area (Å²) in [7, 11) is 0. The first kappa shape index (κ1) is 17.5. The summed E-state index contributed by atoms with van der Waals surface area (Å²) in [5, 5.41) is 8.12. The number of nitrogens with one attached hydrogen (secondary N) is 3. The summed E-state index contributed by atoms with van der Waals surface area (Å²) < 4.78 is 0. The molecule has 0 spiro atoms. The van der Waals surface area contributed by atoms with Gasteiger partial charge in [-0.05, 0) is 48.7 Å². The smallest absolute Gasteiger partial charge is 0.316 e. The van der Waals surface area contributed by atoms with Crippen LogP contribution in [0.5, 0.6) is 0 Å². The number of hydrogen-bond donors (Lipinski definition) is 4. The lowest BCUT2D eigenvalue weighted by Gasteiger charge is -2.09. The second-order valence-electron chi connectivity index (χ2n) is 6.21. The second-order valence-corrected chi connectivity index (χ2v) is 6.21. The molecule has 134 valence electrons. The van der Waals surface area contributed by atoms with Gasteiger partial charge in [0.2, 0.25) is 5.91 Å². The summed E-state index contributed by atoms with van der Waals surface area (Å²) in [5.41, 5.74) is 7.61. The standard InChI is InChI=1S/C19H20N4O3/c20-19(26)23-16-3-1-2-14(10-16)17(24)21-11-12-4-8-15(9-5-12)22-18(25)13-6-7-13/h1-5,8-10,13H,6-7,11H2,(H,21,24)(H,22,25)(H3,20,23,26). The van der Waals surface area contributed by atoms with E-state index in [1.54, 1.807) is 24.3 Å². The lowest BCUT2D eigenvalue weighted by molar-refractivity contribution is -0.117. The van der Waals surface area contributed by atoms with Gasteiger partial charge >= 0.3 is 6.03 Å². The van der Waals surface area contributed by atoms with Crippen molar-refractivity contribution in [1.29, 1.82) is 0 Å². The van der Waals surface area contributed by atoms with Gasteiger partial charge < -0.3 is 21.7 Å². The highest BCUT2D eigenvalue weighted by Crippen LogP contribution is 2.30. The fraction of sp³-hybridized carbons (Fsp3) is 0.211. The molecule has 1 fully saturated rings. The van der Waals surface area contributed by atoms with Crippen LogP contribution in [0.2, 0.25) is 0 Å². The molecule has 4 amide bonds. The largest absolute Gasteiger partial charge is 0.351 e. The van der Waals surface area contributed by atoms with Crippen molar-refractivity contribution in [1.82, 2.24) is 5.32 Å². The highest BCUT2D eigenvalue weighted by molar-refractivity contribution is 5.96. The van der Waals surface area contributed by atoms with Crippen molar-refractivity contribution in [2.75, 3.05) is 10.6 Å². The van der Waals surface area contributed by atoms with E-state index < -0.39 is 6.03 Å². The number of benzene rings is 2. The zero-order chi connectivity index (χ0) is 18.5. The summed E-state index contributed by atoms with van der Waals surface area (Å²) in [6, 6.07) is 13.2. The highest BCUT2D eigenvalue weighted by Gasteiger charge is 2.29. The van der Waals surface area contributed by atoms with E-state index in [1.165, 1.54) is 0 Å². The number of carbonyl (C=O) groups is 3. The summed E-state index contributed by atoms with van der Waals surface area (Å²) in [4.78, 5) is 34.8. The molecule has 3 rings (SSSR count). The Bertz CT molecular complexity index is 829. The molecule has 0 saturated heterocycles. The number of nitrogens with two attached hydrogens (primary N) is 1. The summed E-state index contributed by atoms with van der Waals surface area (Å²) in [6.07, 6.45) is 1.93. The molecule has 0 aliphatic heterocycles. The third-order valence-electron chi connectivity index (χ3n) is 4.01. The van der Waals surface area contributed by atoms with Crippen molar-refractivity contribution in [3.05, 3.63) is 59.7 Å². The Kier molecular flexibility index (Phi) is 5.17. The number of carbonyl (C=O) groups excluding carboxylic acids is 3. The van der Waals surface area contributed by atoms with Crippen molar-refractivity contribution < 1.29 is 14.4 Å². The highest BCUT2D eigenvalue weighted by atomic mass is 16.2. The predicted octanol–water partition coefficient (Wildman–Crippen LogP) is 2.46. The molecule has 7 nitrogen and oxygen atoms in total. The number of amides is 4. The first-order valence-electron chi connectivity index (χ1n) is 8.36. The molecule has 5 N–H and O–H groups in total. The number of rotatable bonds is 6. The SMILES string of the molecule is NC(=O)Nc1cccc(C(=O)NCc2ccc(NC(=O)C3CC3)cc2)c1. The minimum Gasteiger partial charge on any atom is -0.351 e. The fourth-order valence-electron chi connectivity index (χ4n) is 2.46. The molecule has 1 aliphatic rings. The van der Waals surface area contributed by atoms with Crippen LogP contribution in [0.15, 0.2) is 48.5 Å². The minimum atomic E-state index is -0.684. The maximum absolute atomic E-state index is 12.2. The van der Waals surface area contributed by atoms with Gasteiger partial charge in [0, 0.05) is 29.4 Å². The van der Waals surface area contributed by atoms with Crippen LogP contribution in [0, 0.1) is 5.92 Å². The van der Waals surface area contributed by atoms with Crippen LogP contribution < -0.4 is 21.7 Å². The van der Waals surface area contributed by atoms with Crippen LogP contribution in [0.25, 0.3) is 0 Å². The van der Waals surface area contributed by atoms with Crippen molar-refractivity contribution >= 4 is 29.2 Å². The van der Waals surface area contributed by atoms with Crippen LogP contribution in [0.1, 0.15) is 28.8 Å². The Morgan fingerprint density at radius 1 is 0.962 bits per heavy atom. The average Bonchev–Trinajstić information content (AvgIpc) is 3.46. The fourth-order valence-corrected chi connectivity index (χ4v) is 2.46. The lowest BCUT2D eigenvalue weighted by Crippen LogP contribution is -2.23. The Morgan fingerprint density at radius 2 is 1.69 bits per heavy atom. The van der Waals surface area contributed by atoms with E-state index in [0.29, 0.717) is 17.8 Å². The normalized spacial score (nSPS) is 12.9. The van der Waals surface area contributed by atoms with Crippen molar-refractivity contribution in [2.45, 2.75) is 19.4 Å². The van der Waals surface area contributed by atoms with Gasteiger partial charge in [0.25, 0.3) is 5.91 Å². The maximum atomic E-state index is 12.2. The molecule has 0 atom stereocenters. The number of primary amides is 1. The van der Waals surface area contributed by atoms with E-state index in [9.17, 15) is 14.4 Å². The molecule has 7 heteroatoms. The molecule has 0 bridgehead atoms. The molecule has 1 saturated carbocycles. The maximum Gasteiger partial charge on any atom is 0.316 e. The molecular formula is C19H20N4O3. The molecule has 0 radical (unpaired) electrons. The molecule has 1 aliphatic carbocycles. The molecule has 0 unspecified atom stereocenters. The summed E-state index contributed by atoms with van der Waals surface area (Å²) in [5.74, 6) is -0.0338. The lowest BCUT2D eigenvalue weighted by atomic mass is 10.1. The molecule has 26 heavy (non-hydrogen) atoms. The first-order chi connectivity index (χ1) is 12.5. The third-order valence-corrected chi connectivity index (χ3v) is 4.01. The monoisotopic (exact) mass is 352 g/mol. The Balaban J connectivity index is 1.54. The van der Waals surface area contributed by atoms with Crippen LogP contribution in [-0.2, 0) is 11.3 Å². The topological polar surface area (TPSA) is 113 Å². The van der Waals surface area contributed by atoms with Crippen molar-refractivity contribution in [3.63, 3.8) is 0 Å². The van der Waals surface area contributed by atoms with Crippen LogP contribution >= 0.6 is 0 Å². The van der Waals surface area contributed by atoms with E-state index in [2.05, 4.69) is 16.0 Å². The number of hydrogen-bond acceptors (Lipinski definition) is 3. The zero-order valence-corrected chi connectivity index (χ0v) is 14.1. The van der Waals surface area contributed by atoms with Gasteiger partial charge in [-0.15, -0.1) is 0 Å². The average molecular weight is 352 g/mol. The summed E-state index contributed by atoms with van der Waals surface area (Å²) in [6.45, 7) is 0.350. The molecule has 2 aromatic rings. The predicted molar refractivity (Wildman–Crippen MR) is 98.6 cm³/mol. The third kappa shape index (κ3) is 4.83. The van der Waals surface area contributed by atoms with Gasteiger partial charge in [-0.25, -0.2) is 4.79 Å². The Hall–Kier alpha value is -3.35. The van der Waals surface area contributed by atoms with E-state index >= 15 is 0 Å². The minimum absolute atomic E-state index is 0.0653. The van der Waals surface area contributed by atoms with E-state index in [1.807, 2.05) is 24.3 Å². The Labute approximate surface area is 151 Å². The zero-order valence-electron chi connectivity index (χ0n) is 14.1. The van der Waals surface area contributed by atoms with E-state index in [4.69, 9.17) is 5.73 Å². The Morgan fingerprint density at radius 3 is 2.35 bits per heavy atom. The van der Waals surface area contributed by atoms with Gasteiger partial charge in [0.15, 0.2) is 0 Å². The molecule has 0 heterocycles. The van der Waals surface area contributed by atoms with E-state index in [-0.39, 0.29) is 17.7 Å². The molecule has 0 aromatic heterocycles. The van der Waals surface area contributed by atoms with Gasteiger partial charge in [-0.1, -0.05) is 18.2 Å². The first-order valence-corrected chi connectivity index (χ1v) is 8.36. The van der Waals surface area contributed by atoms with Crippen LogP contribution in [0.3, 0.4) is 0 Å². The summed E-state index contributed by atoms with van der Waals surface area (Å²) >= 11 is 0. The van der Waals surface area contributed by atoms with Crippen LogP contribution in [-0.4, -0.2) is 17.8 Å². The number of anilines is 2. The quantitative estimate of drug-likeness (QED) is 0.640. The van der Waals surface area contributed by atoms with Gasteiger partial charge in [0.1, 0.15) is 0 Å². The van der Waals surface area contributed by atoms with Crippen molar-refractivity contribution in [2.24, 2.45) is 11.7 Å². The van der Waals surface area contributed by atoms with Gasteiger partial charge in [0.05, 0.1) is 0 Å². The van der Waals surface area contributed by atoms with Gasteiger partial charge in [-0.3, -0.25) is 9.59 Å². The van der Waals surface area contributed by atoms with Gasteiger partial charge in [-0.2, -0.15) is 0 Å².